The summed E-state index contributed by atoms with van der Waals surface area (Å²) in [6.07, 6.45) is 4.17. The van der Waals surface area contributed by atoms with Crippen molar-refractivity contribution in [3.05, 3.63) is 35.4 Å². The van der Waals surface area contributed by atoms with E-state index in [0.29, 0.717) is 6.04 Å². The van der Waals surface area contributed by atoms with Crippen molar-refractivity contribution in [1.29, 1.82) is 0 Å². The summed E-state index contributed by atoms with van der Waals surface area (Å²) in [7, 11) is 4.27. The number of rotatable bonds is 6. The number of likely N-dealkylation sites (tertiary alicyclic amines) is 1. The zero-order valence-corrected chi connectivity index (χ0v) is 12.8. The molecule has 1 aromatic rings. The van der Waals surface area contributed by atoms with Crippen LogP contribution in [0.25, 0.3) is 0 Å². The van der Waals surface area contributed by atoms with Gasteiger partial charge in [-0.1, -0.05) is 24.3 Å². The fraction of sp³-hybridized carbons (Fsp3) is 0.647. The fourth-order valence-corrected chi connectivity index (χ4v) is 3.20. The second-order valence-corrected chi connectivity index (χ2v) is 6.60. The predicted octanol–water partition coefficient (Wildman–Crippen LogP) is 2.07. The predicted molar refractivity (Wildman–Crippen MR) is 83.7 cm³/mol. The molecule has 0 spiro atoms. The van der Waals surface area contributed by atoms with E-state index >= 15 is 0 Å². The van der Waals surface area contributed by atoms with E-state index < -0.39 is 0 Å². The lowest BCUT2D eigenvalue weighted by atomic mass is 10.1. The lowest BCUT2D eigenvalue weighted by Crippen LogP contribution is -2.33. The highest BCUT2D eigenvalue weighted by molar-refractivity contribution is 5.27. The van der Waals surface area contributed by atoms with Gasteiger partial charge in [-0.25, -0.2) is 0 Å². The van der Waals surface area contributed by atoms with E-state index in [0.717, 1.165) is 19.1 Å². The molecule has 0 bridgehead atoms. The van der Waals surface area contributed by atoms with Gasteiger partial charge in [-0.05, 0) is 44.5 Å². The van der Waals surface area contributed by atoms with Gasteiger partial charge in [0.1, 0.15) is 0 Å². The lowest BCUT2D eigenvalue weighted by molar-refractivity contribution is 0.317. The molecule has 1 aromatic carbocycles. The van der Waals surface area contributed by atoms with Gasteiger partial charge in [0.05, 0.1) is 0 Å². The first-order chi connectivity index (χ1) is 9.72. The summed E-state index contributed by atoms with van der Waals surface area (Å²) >= 11 is 0. The van der Waals surface area contributed by atoms with Gasteiger partial charge < -0.3 is 10.2 Å². The van der Waals surface area contributed by atoms with E-state index in [9.17, 15) is 0 Å². The van der Waals surface area contributed by atoms with Crippen LogP contribution in [0.1, 0.15) is 30.4 Å². The van der Waals surface area contributed by atoms with Crippen LogP contribution in [0.4, 0.5) is 0 Å². The van der Waals surface area contributed by atoms with Crippen LogP contribution >= 0.6 is 0 Å². The maximum atomic E-state index is 3.76. The van der Waals surface area contributed by atoms with Crippen LogP contribution in [0.15, 0.2) is 24.3 Å². The SMILES string of the molecule is CN(C)Cc1ccccc1CNC1CCN(C2CC2)C1. The minimum absolute atomic E-state index is 0.683. The third-order valence-corrected chi connectivity index (χ3v) is 4.47. The normalized spacial score (nSPS) is 23.6. The summed E-state index contributed by atoms with van der Waals surface area (Å²) in [6, 6.07) is 10.4. The first-order valence-electron chi connectivity index (χ1n) is 7.91. The summed E-state index contributed by atoms with van der Waals surface area (Å²) < 4.78 is 0. The third kappa shape index (κ3) is 3.60. The van der Waals surface area contributed by atoms with Crippen LogP contribution in [0.5, 0.6) is 0 Å². The van der Waals surface area contributed by atoms with Gasteiger partial charge in [0.2, 0.25) is 0 Å². The van der Waals surface area contributed by atoms with Crippen molar-refractivity contribution < 1.29 is 0 Å². The molecule has 20 heavy (non-hydrogen) atoms. The van der Waals surface area contributed by atoms with Gasteiger partial charge in [0.15, 0.2) is 0 Å². The van der Waals surface area contributed by atoms with Crippen molar-refractivity contribution in [3.63, 3.8) is 0 Å². The first-order valence-corrected chi connectivity index (χ1v) is 7.91. The number of benzene rings is 1. The average molecular weight is 273 g/mol. The quantitative estimate of drug-likeness (QED) is 0.856. The van der Waals surface area contributed by atoms with Crippen LogP contribution in [0.2, 0.25) is 0 Å². The topological polar surface area (TPSA) is 18.5 Å². The van der Waals surface area contributed by atoms with Gasteiger partial charge in [-0.2, -0.15) is 0 Å². The van der Waals surface area contributed by atoms with Crippen molar-refractivity contribution in [3.8, 4) is 0 Å². The maximum Gasteiger partial charge on any atom is 0.0230 e. The molecule has 1 heterocycles. The van der Waals surface area contributed by atoms with Crippen LogP contribution in [0, 0.1) is 0 Å². The second kappa shape index (κ2) is 6.25. The summed E-state index contributed by atoms with van der Waals surface area (Å²) in [6.45, 7) is 4.58. The minimum Gasteiger partial charge on any atom is -0.309 e. The zero-order chi connectivity index (χ0) is 13.9. The molecular weight excluding hydrogens is 246 g/mol. The van der Waals surface area contributed by atoms with Crippen LogP contribution in [0.3, 0.4) is 0 Å². The number of nitrogens with one attached hydrogen (secondary N) is 1. The van der Waals surface area contributed by atoms with Crippen molar-refractivity contribution in [2.75, 3.05) is 27.2 Å². The van der Waals surface area contributed by atoms with Gasteiger partial charge in [-0.15, -0.1) is 0 Å². The third-order valence-electron chi connectivity index (χ3n) is 4.47. The average Bonchev–Trinajstić information content (AvgIpc) is 3.17. The smallest absolute Gasteiger partial charge is 0.0230 e. The van der Waals surface area contributed by atoms with Gasteiger partial charge in [-0.3, -0.25) is 4.90 Å². The summed E-state index contributed by atoms with van der Waals surface area (Å²) in [5.41, 5.74) is 2.90. The molecule has 1 atom stereocenters. The molecule has 2 aliphatic rings. The molecule has 1 saturated heterocycles. The Bertz CT molecular complexity index is 440. The summed E-state index contributed by atoms with van der Waals surface area (Å²) in [5, 5.41) is 3.76. The maximum absolute atomic E-state index is 3.76. The molecule has 2 fully saturated rings. The number of hydrogen-bond donors (Lipinski definition) is 1. The molecule has 1 saturated carbocycles. The van der Waals surface area contributed by atoms with E-state index in [1.807, 2.05) is 0 Å². The second-order valence-electron chi connectivity index (χ2n) is 6.60. The molecule has 0 radical (unpaired) electrons. The van der Waals surface area contributed by atoms with Crippen molar-refractivity contribution in [1.82, 2.24) is 15.1 Å². The molecule has 3 heteroatoms. The number of nitrogens with zero attached hydrogens (tertiary/aromatic N) is 2. The van der Waals surface area contributed by atoms with Crippen molar-refractivity contribution in [2.45, 2.75) is 44.4 Å². The Labute approximate surface area is 123 Å². The Balaban J connectivity index is 1.53. The highest BCUT2D eigenvalue weighted by Crippen LogP contribution is 2.29. The Morgan fingerprint density at radius 3 is 2.60 bits per heavy atom. The molecule has 110 valence electrons. The van der Waals surface area contributed by atoms with E-state index in [-0.39, 0.29) is 0 Å². The summed E-state index contributed by atoms with van der Waals surface area (Å²) in [4.78, 5) is 4.91. The van der Waals surface area contributed by atoms with Gasteiger partial charge in [0, 0.05) is 38.3 Å². The fourth-order valence-electron chi connectivity index (χ4n) is 3.20. The standard InChI is InChI=1S/C17H27N3/c1-19(2)12-15-6-4-3-5-14(15)11-18-16-9-10-20(13-16)17-7-8-17/h3-6,16-18H,7-13H2,1-2H3. The minimum atomic E-state index is 0.683. The molecular formula is C17H27N3. The van der Waals surface area contributed by atoms with Gasteiger partial charge in [0.25, 0.3) is 0 Å². The molecule has 0 aromatic heterocycles. The van der Waals surface area contributed by atoms with Crippen LogP contribution in [-0.4, -0.2) is 49.1 Å². The van der Waals surface area contributed by atoms with Crippen molar-refractivity contribution in [2.24, 2.45) is 0 Å². The Kier molecular flexibility index (Phi) is 4.39. The molecule has 1 aliphatic heterocycles. The van der Waals surface area contributed by atoms with Crippen LogP contribution in [-0.2, 0) is 13.1 Å². The van der Waals surface area contributed by atoms with E-state index in [1.54, 1.807) is 0 Å². The molecule has 3 nitrogen and oxygen atoms in total. The van der Waals surface area contributed by atoms with E-state index in [2.05, 4.69) is 53.5 Å². The monoisotopic (exact) mass is 273 g/mol. The molecule has 3 rings (SSSR count). The molecule has 1 unspecified atom stereocenters. The van der Waals surface area contributed by atoms with E-state index in [1.165, 1.54) is 43.5 Å². The van der Waals surface area contributed by atoms with Gasteiger partial charge >= 0.3 is 0 Å². The Morgan fingerprint density at radius 1 is 1.15 bits per heavy atom. The highest BCUT2D eigenvalue weighted by atomic mass is 15.2. The van der Waals surface area contributed by atoms with Crippen LogP contribution < -0.4 is 5.32 Å². The lowest BCUT2D eigenvalue weighted by Gasteiger charge is -2.18. The van der Waals surface area contributed by atoms with Crippen molar-refractivity contribution >= 4 is 0 Å². The number of hydrogen-bond acceptors (Lipinski definition) is 3. The zero-order valence-electron chi connectivity index (χ0n) is 12.8. The van der Waals surface area contributed by atoms with E-state index in [4.69, 9.17) is 0 Å². The molecule has 0 amide bonds. The summed E-state index contributed by atoms with van der Waals surface area (Å²) in [5.74, 6) is 0. The first kappa shape index (κ1) is 14.1. The highest BCUT2D eigenvalue weighted by Gasteiger charge is 2.34. The molecule has 1 aliphatic carbocycles. The molecule has 1 N–H and O–H groups in total. The Hall–Kier alpha value is -0.900. The Morgan fingerprint density at radius 2 is 1.90 bits per heavy atom. The largest absolute Gasteiger partial charge is 0.309 e.